The zero-order valence-electron chi connectivity index (χ0n) is 13.1. The molecule has 1 atom stereocenters. The predicted octanol–water partition coefficient (Wildman–Crippen LogP) is 1.17. The first kappa shape index (κ1) is 18.2. The molecule has 0 aromatic heterocycles. The van der Waals surface area contributed by atoms with Gasteiger partial charge in [0, 0.05) is 32.1 Å². The molecule has 0 bridgehead atoms. The molecule has 2 fully saturated rings. The van der Waals surface area contributed by atoms with Gasteiger partial charge < -0.3 is 15.5 Å². The van der Waals surface area contributed by atoms with Crippen molar-refractivity contribution < 1.29 is 9.59 Å². The van der Waals surface area contributed by atoms with E-state index in [0.29, 0.717) is 25.6 Å². The molecular weight excluding hydrogens is 290 g/mol. The Morgan fingerprint density at radius 2 is 1.90 bits per heavy atom. The number of rotatable bonds is 5. The van der Waals surface area contributed by atoms with E-state index in [-0.39, 0.29) is 30.1 Å². The lowest BCUT2D eigenvalue weighted by atomic mass is 9.87. The van der Waals surface area contributed by atoms with Crippen LogP contribution < -0.4 is 10.6 Å². The van der Waals surface area contributed by atoms with E-state index in [1.807, 2.05) is 11.9 Å². The monoisotopic (exact) mass is 317 g/mol. The number of amides is 2. The highest BCUT2D eigenvalue weighted by Crippen LogP contribution is 2.31. The molecule has 1 heterocycles. The van der Waals surface area contributed by atoms with E-state index in [1.54, 1.807) is 0 Å². The first-order valence-electron chi connectivity index (χ1n) is 7.83. The minimum atomic E-state index is -0.154. The molecule has 0 radical (unpaired) electrons. The van der Waals surface area contributed by atoms with Crippen LogP contribution >= 0.6 is 12.4 Å². The Balaban J connectivity index is 0.00000220. The van der Waals surface area contributed by atoms with Gasteiger partial charge in [0.25, 0.3) is 0 Å². The van der Waals surface area contributed by atoms with Crippen LogP contribution in [0.15, 0.2) is 0 Å². The third-order valence-corrected chi connectivity index (χ3v) is 4.63. The Hall–Kier alpha value is -0.810. The summed E-state index contributed by atoms with van der Waals surface area (Å²) in [5, 5.41) is 5.89. The van der Waals surface area contributed by atoms with Crippen LogP contribution in [0.5, 0.6) is 0 Å². The smallest absolute Gasteiger partial charge is 0.225 e. The van der Waals surface area contributed by atoms with Crippen LogP contribution in [0.3, 0.4) is 0 Å². The molecule has 6 heteroatoms. The topological polar surface area (TPSA) is 61.4 Å². The van der Waals surface area contributed by atoms with Crippen LogP contribution in [0.2, 0.25) is 0 Å². The maximum absolute atomic E-state index is 12.1. The van der Waals surface area contributed by atoms with Gasteiger partial charge in [-0.3, -0.25) is 9.59 Å². The molecule has 2 amide bonds. The summed E-state index contributed by atoms with van der Waals surface area (Å²) in [6.45, 7) is 4.28. The van der Waals surface area contributed by atoms with Crippen molar-refractivity contribution in [2.45, 2.75) is 45.1 Å². The number of carbonyl (C=O) groups excluding carboxylic acids is 2. The molecule has 2 N–H and O–H groups in total. The van der Waals surface area contributed by atoms with E-state index in [1.165, 1.54) is 12.8 Å². The molecule has 1 aliphatic heterocycles. The van der Waals surface area contributed by atoms with Gasteiger partial charge in [-0.15, -0.1) is 12.4 Å². The van der Waals surface area contributed by atoms with Gasteiger partial charge in [0.15, 0.2) is 0 Å². The van der Waals surface area contributed by atoms with Crippen molar-refractivity contribution in [1.29, 1.82) is 0 Å². The maximum atomic E-state index is 12.1. The second kappa shape index (κ2) is 8.59. The van der Waals surface area contributed by atoms with Gasteiger partial charge in [0.2, 0.25) is 11.8 Å². The van der Waals surface area contributed by atoms with Gasteiger partial charge in [-0.25, -0.2) is 0 Å². The number of halogens is 1. The van der Waals surface area contributed by atoms with Crippen molar-refractivity contribution in [3.8, 4) is 0 Å². The quantitative estimate of drug-likeness (QED) is 0.748. The Morgan fingerprint density at radius 1 is 1.24 bits per heavy atom. The van der Waals surface area contributed by atoms with Crippen molar-refractivity contribution >= 4 is 24.2 Å². The van der Waals surface area contributed by atoms with Gasteiger partial charge in [0.05, 0.1) is 5.92 Å². The van der Waals surface area contributed by atoms with Gasteiger partial charge in [-0.2, -0.15) is 0 Å². The average Bonchev–Trinajstić information content (AvgIpc) is 2.82. The Morgan fingerprint density at radius 3 is 2.52 bits per heavy atom. The first-order valence-corrected chi connectivity index (χ1v) is 7.83. The van der Waals surface area contributed by atoms with E-state index in [9.17, 15) is 9.59 Å². The average molecular weight is 318 g/mol. The molecule has 1 aliphatic carbocycles. The Labute approximate surface area is 133 Å². The largest absolute Gasteiger partial charge is 0.355 e. The van der Waals surface area contributed by atoms with E-state index < -0.39 is 0 Å². The van der Waals surface area contributed by atoms with Crippen LogP contribution in [0.4, 0.5) is 0 Å². The Bertz CT molecular complexity index is 357. The predicted molar refractivity (Wildman–Crippen MR) is 85.4 cm³/mol. The summed E-state index contributed by atoms with van der Waals surface area (Å²) in [5.41, 5.74) is 0. The highest BCUT2D eigenvalue weighted by Gasteiger charge is 2.38. The van der Waals surface area contributed by atoms with Crippen molar-refractivity contribution in [1.82, 2.24) is 15.5 Å². The van der Waals surface area contributed by atoms with Crippen molar-refractivity contribution in [2.75, 3.05) is 26.7 Å². The molecule has 1 unspecified atom stereocenters. The number of carbonyl (C=O) groups is 2. The lowest BCUT2D eigenvalue weighted by Gasteiger charge is -2.33. The molecule has 2 rings (SSSR count). The van der Waals surface area contributed by atoms with Crippen LogP contribution in [-0.2, 0) is 9.59 Å². The third kappa shape index (κ3) is 4.85. The van der Waals surface area contributed by atoms with Gasteiger partial charge >= 0.3 is 0 Å². The maximum Gasteiger partial charge on any atom is 0.225 e. The van der Waals surface area contributed by atoms with Gasteiger partial charge in [-0.05, 0) is 38.6 Å². The lowest BCUT2D eigenvalue weighted by Crippen LogP contribution is -2.40. The second-order valence-electron chi connectivity index (χ2n) is 6.26. The fourth-order valence-electron chi connectivity index (χ4n) is 3.27. The van der Waals surface area contributed by atoms with E-state index in [0.717, 1.165) is 25.3 Å². The van der Waals surface area contributed by atoms with Crippen molar-refractivity contribution in [3.05, 3.63) is 0 Å². The number of hydrogen-bond donors (Lipinski definition) is 2. The first-order chi connectivity index (χ1) is 9.61. The molecule has 1 saturated carbocycles. The fraction of sp³-hybridized carbons (Fsp3) is 0.867. The van der Waals surface area contributed by atoms with E-state index in [2.05, 4.69) is 17.6 Å². The molecule has 5 nitrogen and oxygen atoms in total. The minimum Gasteiger partial charge on any atom is -0.355 e. The summed E-state index contributed by atoms with van der Waals surface area (Å²) >= 11 is 0. The zero-order valence-corrected chi connectivity index (χ0v) is 13.9. The van der Waals surface area contributed by atoms with Crippen LogP contribution in [-0.4, -0.2) is 49.4 Å². The van der Waals surface area contributed by atoms with Gasteiger partial charge in [0.1, 0.15) is 0 Å². The van der Waals surface area contributed by atoms with Crippen LogP contribution in [0.1, 0.15) is 39.0 Å². The number of likely N-dealkylation sites (tertiary alicyclic amines) is 1. The molecule has 21 heavy (non-hydrogen) atoms. The number of nitrogens with one attached hydrogen (secondary N) is 2. The van der Waals surface area contributed by atoms with Crippen molar-refractivity contribution in [3.63, 3.8) is 0 Å². The van der Waals surface area contributed by atoms with Crippen LogP contribution in [0.25, 0.3) is 0 Å². The Kier molecular flexibility index (Phi) is 7.46. The molecular formula is C15H28ClN3O2. The molecule has 0 aromatic carbocycles. The van der Waals surface area contributed by atoms with Gasteiger partial charge in [-0.1, -0.05) is 6.92 Å². The molecule has 2 aliphatic rings. The minimum absolute atomic E-state index is 0. The normalized spacial score (nSPS) is 29.1. The summed E-state index contributed by atoms with van der Waals surface area (Å²) in [6.07, 6.45) is 4.99. The number of nitrogens with zero attached hydrogens (tertiary/aromatic N) is 1. The van der Waals surface area contributed by atoms with E-state index in [4.69, 9.17) is 0 Å². The fourth-order valence-corrected chi connectivity index (χ4v) is 3.27. The molecule has 0 spiro atoms. The summed E-state index contributed by atoms with van der Waals surface area (Å²) < 4.78 is 0. The number of hydrogen-bond acceptors (Lipinski definition) is 3. The lowest BCUT2D eigenvalue weighted by molar-refractivity contribution is -0.130. The molecule has 122 valence electrons. The molecule has 1 saturated heterocycles. The number of likely N-dealkylation sites (N-methyl/N-ethyl adjacent to an activating group) is 1. The highest BCUT2D eigenvalue weighted by atomic mass is 35.5. The summed E-state index contributed by atoms with van der Waals surface area (Å²) in [5.74, 6) is 0.821. The highest BCUT2D eigenvalue weighted by molar-refractivity contribution is 5.89. The standard InChI is InChI=1S/C15H27N3O2.ClH/c1-11-3-5-13(6-4-11)18-10-12(9-14(18)19)15(20)17-8-7-16-2;/h11-13,16H,3-10H2,1-2H3,(H,17,20);1H. The van der Waals surface area contributed by atoms with E-state index >= 15 is 0 Å². The molecule has 0 aromatic rings. The zero-order chi connectivity index (χ0) is 14.5. The summed E-state index contributed by atoms with van der Waals surface area (Å²) in [7, 11) is 1.86. The summed E-state index contributed by atoms with van der Waals surface area (Å²) in [6, 6.07) is 0.369. The summed E-state index contributed by atoms with van der Waals surface area (Å²) in [4.78, 5) is 26.1. The second-order valence-corrected chi connectivity index (χ2v) is 6.26. The SMILES string of the molecule is CNCCNC(=O)C1CC(=O)N(C2CCC(C)CC2)C1.Cl. The van der Waals surface area contributed by atoms with Crippen molar-refractivity contribution in [2.24, 2.45) is 11.8 Å². The van der Waals surface area contributed by atoms with Crippen LogP contribution in [0, 0.1) is 11.8 Å². The third-order valence-electron chi connectivity index (χ3n) is 4.63.